The summed E-state index contributed by atoms with van der Waals surface area (Å²) < 4.78 is 15.0. The van der Waals surface area contributed by atoms with E-state index >= 15 is 0 Å². The Balaban J connectivity index is 1.91. The fourth-order valence-electron chi connectivity index (χ4n) is 2.40. The SMILES string of the molecule is CC(NC(=O)c1cc(F)cc2[nH]c(=S)[nH]c12)c1ccc(Br)cc1. The van der Waals surface area contributed by atoms with E-state index in [2.05, 4.69) is 31.2 Å². The molecule has 3 rings (SSSR count). The summed E-state index contributed by atoms with van der Waals surface area (Å²) in [5.41, 5.74) is 2.14. The third kappa shape index (κ3) is 3.35. The first-order valence-corrected chi connectivity index (χ1v) is 8.12. The van der Waals surface area contributed by atoms with Gasteiger partial charge in [-0.1, -0.05) is 28.1 Å². The molecule has 0 aliphatic rings. The van der Waals surface area contributed by atoms with Gasteiger partial charge in [-0.15, -0.1) is 0 Å². The van der Waals surface area contributed by atoms with E-state index in [1.165, 1.54) is 12.1 Å². The molecule has 0 saturated carbocycles. The summed E-state index contributed by atoms with van der Waals surface area (Å²) in [7, 11) is 0. The number of halogens is 2. The summed E-state index contributed by atoms with van der Waals surface area (Å²) >= 11 is 8.38. The minimum absolute atomic E-state index is 0.212. The van der Waals surface area contributed by atoms with Crippen LogP contribution in [0.3, 0.4) is 0 Å². The molecule has 1 amide bonds. The van der Waals surface area contributed by atoms with Gasteiger partial charge < -0.3 is 15.3 Å². The van der Waals surface area contributed by atoms with E-state index in [-0.39, 0.29) is 17.5 Å². The number of amides is 1. The fourth-order valence-corrected chi connectivity index (χ4v) is 2.87. The van der Waals surface area contributed by atoms with E-state index in [1.54, 1.807) is 0 Å². The van der Waals surface area contributed by atoms with Crippen molar-refractivity contribution >= 4 is 45.1 Å². The molecule has 0 spiro atoms. The first-order valence-electron chi connectivity index (χ1n) is 6.92. The van der Waals surface area contributed by atoms with Gasteiger partial charge in [0.15, 0.2) is 4.77 Å². The van der Waals surface area contributed by atoms with Crippen molar-refractivity contribution in [2.45, 2.75) is 13.0 Å². The zero-order chi connectivity index (χ0) is 16.6. The van der Waals surface area contributed by atoms with E-state index in [0.717, 1.165) is 10.0 Å². The molecule has 4 nitrogen and oxygen atoms in total. The number of imidazole rings is 1. The lowest BCUT2D eigenvalue weighted by molar-refractivity contribution is 0.0941. The van der Waals surface area contributed by atoms with Crippen molar-refractivity contribution < 1.29 is 9.18 Å². The summed E-state index contributed by atoms with van der Waals surface area (Å²) in [6.45, 7) is 1.87. The smallest absolute Gasteiger partial charge is 0.254 e. The topological polar surface area (TPSA) is 60.7 Å². The predicted molar refractivity (Wildman–Crippen MR) is 93.5 cm³/mol. The molecule has 1 heterocycles. The van der Waals surface area contributed by atoms with E-state index in [0.29, 0.717) is 15.8 Å². The maximum Gasteiger partial charge on any atom is 0.254 e. The van der Waals surface area contributed by atoms with Crippen molar-refractivity contribution in [1.82, 2.24) is 15.3 Å². The molecule has 0 bridgehead atoms. The van der Waals surface area contributed by atoms with Gasteiger partial charge in [0.1, 0.15) is 5.82 Å². The molecule has 0 fully saturated rings. The van der Waals surface area contributed by atoms with Gasteiger partial charge >= 0.3 is 0 Å². The number of carbonyl (C=O) groups is 1. The Kier molecular flexibility index (Phi) is 4.32. The number of H-pyrrole nitrogens is 2. The second-order valence-corrected chi connectivity index (χ2v) is 6.53. The second-order valence-electron chi connectivity index (χ2n) is 5.20. The zero-order valence-corrected chi connectivity index (χ0v) is 14.5. The third-order valence-corrected chi connectivity index (χ3v) is 4.28. The summed E-state index contributed by atoms with van der Waals surface area (Å²) in [6.07, 6.45) is 0. The summed E-state index contributed by atoms with van der Waals surface area (Å²) in [4.78, 5) is 18.2. The molecule has 1 aromatic heterocycles. The van der Waals surface area contributed by atoms with Crippen molar-refractivity contribution in [2.24, 2.45) is 0 Å². The van der Waals surface area contributed by atoms with Crippen LogP contribution in [-0.2, 0) is 0 Å². The first kappa shape index (κ1) is 15.9. The van der Waals surface area contributed by atoms with Crippen LogP contribution in [0.15, 0.2) is 40.9 Å². The van der Waals surface area contributed by atoms with Crippen LogP contribution in [0.1, 0.15) is 28.9 Å². The van der Waals surface area contributed by atoms with Gasteiger partial charge in [-0.25, -0.2) is 4.39 Å². The van der Waals surface area contributed by atoms with Crippen molar-refractivity contribution in [3.8, 4) is 0 Å². The van der Waals surface area contributed by atoms with E-state index in [4.69, 9.17) is 12.2 Å². The molecule has 3 aromatic rings. The lowest BCUT2D eigenvalue weighted by Gasteiger charge is -2.15. The predicted octanol–water partition coefficient (Wildman–Crippen LogP) is 4.62. The third-order valence-electron chi connectivity index (χ3n) is 3.55. The number of hydrogen-bond donors (Lipinski definition) is 3. The van der Waals surface area contributed by atoms with Crippen LogP contribution in [0.2, 0.25) is 0 Å². The van der Waals surface area contributed by atoms with Crippen LogP contribution in [0.4, 0.5) is 4.39 Å². The Labute approximate surface area is 145 Å². The van der Waals surface area contributed by atoms with Gasteiger partial charge in [0, 0.05) is 4.47 Å². The molecular formula is C16H13BrFN3OS. The molecule has 0 radical (unpaired) electrons. The molecule has 23 heavy (non-hydrogen) atoms. The Bertz CT molecular complexity index is 933. The Morgan fingerprint density at radius 1 is 1.26 bits per heavy atom. The van der Waals surface area contributed by atoms with Gasteiger partial charge in [0.05, 0.1) is 22.6 Å². The number of aromatic amines is 2. The van der Waals surface area contributed by atoms with Crippen molar-refractivity contribution in [1.29, 1.82) is 0 Å². The van der Waals surface area contributed by atoms with Crippen LogP contribution < -0.4 is 5.32 Å². The van der Waals surface area contributed by atoms with Gasteiger partial charge in [-0.05, 0) is 49.0 Å². The van der Waals surface area contributed by atoms with Crippen molar-refractivity contribution in [3.63, 3.8) is 0 Å². The zero-order valence-electron chi connectivity index (χ0n) is 12.1. The lowest BCUT2D eigenvalue weighted by atomic mass is 10.1. The van der Waals surface area contributed by atoms with E-state index in [9.17, 15) is 9.18 Å². The summed E-state index contributed by atoms with van der Waals surface area (Å²) in [6, 6.07) is 9.93. The van der Waals surface area contributed by atoms with Crippen LogP contribution in [-0.4, -0.2) is 15.9 Å². The number of nitrogens with one attached hydrogen (secondary N) is 3. The minimum atomic E-state index is -0.496. The summed E-state index contributed by atoms with van der Waals surface area (Å²) in [5, 5.41) is 2.87. The molecule has 2 aromatic carbocycles. The Morgan fingerprint density at radius 3 is 2.65 bits per heavy atom. The minimum Gasteiger partial charge on any atom is -0.345 e. The molecule has 1 unspecified atom stereocenters. The molecule has 7 heteroatoms. The van der Waals surface area contributed by atoms with Crippen molar-refractivity contribution in [3.05, 3.63) is 62.6 Å². The molecular weight excluding hydrogens is 381 g/mol. The fraction of sp³-hybridized carbons (Fsp3) is 0.125. The van der Waals surface area contributed by atoms with E-state index < -0.39 is 5.82 Å². The molecule has 118 valence electrons. The monoisotopic (exact) mass is 393 g/mol. The van der Waals surface area contributed by atoms with Gasteiger partial charge in [-0.2, -0.15) is 0 Å². The quantitative estimate of drug-likeness (QED) is 0.568. The number of aromatic nitrogens is 2. The number of carbonyl (C=O) groups excluding carboxylic acids is 1. The average Bonchev–Trinajstić information content (AvgIpc) is 2.86. The highest BCUT2D eigenvalue weighted by molar-refractivity contribution is 9.10. The van der Waals surface area contributed by atoms with Crippen LogP contribution in [0.25, 0.3) is 11.0 Å². The maximum atomic E-state index is 13.7. The first-order chi connectivity index (χ1) is 10.9. The van der Waals surface area contributed by atoms with Crippen molar-refractivity contribution in [2.75, 3.05) is 0 Å². The van der Waals surface area contributed by atoms with Crippen LogP contribution in [0, 0.1) is 10.6 Å². The largest absolute Gasteiger partial charge is 0.345 e. The van der Waals surface area contributed by atoms with E-state index in [1.807, 2.05) is 31.2 Å². The number of benzene rings is 2. The Hall–Kier alpha value is -1.99. The number of hydrogen-bond acceptors (Lipinski definition) is 2. The Morgan fingerprint density at radius 2 is 1.96 bits per heavy atom. The molecule has 0 aliphatic carbocycles. The maximum absolute atomic E-state index is 13.7. The van der Waals surface area contributed by atoms with Gasteiger partial charge in [-0.3, -0.25) is 4.79 Å². The molecule has 1 atom stereocenters. The number of fused-ring (bicyclic) bond motifs is 1. The lowest BCUT2D eigenvalue weighted by Crippen LogP contribution is -2.27. The highest BCUT2D eigenvalue weighted by Crippen LogP contribution is 2.20. The van der Waals surface area contributed by atoms with Gasteiger partial charge in [0.2, 0.25) is 0 Å². The molecule has 3 N–H and O–H groups in total. The standard InChI is InChI=1S/C16H13BrFN3OS/c1-8(9-2-4-10(17)5-3-9)19-15(22)12-6-11(18)7-13-14(12)21-16(23)20-13/h2-8H,1H3,(H,19,22)(H2,20,21,23). The highest BCUT2D eigenvalue weighted by atomic mass is 79.9. The summed E-state index contributed by atoms with van der Waals surface area (Å²) in [5.74, 6) is -0.862. The van der Waals surface area contributed by atoms with Crippen LogP contribution >= 0.6 is 28.1 Å². The number of rotatable bonds is 3. The normalized spacial score (nSPS) is 12.3. The average molecular weight is 394 g/mol. The second kappa shape index (κ2) is 6.25. The van der Waals surface area contributed by atoms with Crippen LogP contribution in [0.5, 0.6) is 0 Å². The molecule has 0 saturated heterocycles. The van der Waals surface area contributed by atoms with Gasteiger partial charge in [0.25, 0.3) is 5.91 Å². The molecule has 0 aliphatic heterocycles. The highest BCUT2D eigenvalue weighted by Gasteiger charge is 2.16.